The van der Waals surface area contributed by atoms with E-state index in [2.05, 4.69) is 4.74 Å². The molecule has 1 rings (SSSR count). The van der Waals surface area contributed by atoms with Crippen molar-refractivity contribution in [3.63, 3.8) is 0 Å². The molecule has 0 aliphatic carbocycles. The summed E-state index contributed by atoms with van der Waals surface area (Å²) in [6.07, 6.45) is 1.74. The highest BCUT2D eigenvalue weighted by atomic mass is 16.6. The van der Waals surface area contributed by atoms with Gasteiger partial charge in [0.1, 0.15) is 11.3 Å². The molecule has 0 radical (unpaired) electrons. The first-order valence-electron chi connectivity index (χ1n) is 5.59. The van der Waals surface area contributed by atoms with Gasteiger partial charge < -0.3 is 9.47 Å². The summed E-state index contributed by atoms with van der Waals surface area (Å²) >= 11 is 0. The van der Waals surface area contributed by atoms with Crippen LogP contribution in [0.3, 0.4) is 0 Å². The molecule has 0 bridgehead atoms. The maximum atomic E-state index is 11.5. The molecule has 6 nitrogen and oxygen atoms in total. The van der Waals surface area contributed by atoms with Gasteiger partial charge in [0, 0.05) is 6.07 Å². The minimum Gasteiger partial charge on any atom is -0.492 e. The lowest BCUT2D eigenvalue weighted by atomic mass is 10.2. The second kappa shape index (κ2) is 6.58. The van der Waals surface area contributed by atoms with Gasteiger partial charge in [-0.25, -0.2) is 4.79 Å². The number of methoxy groups -OCH3 is 1. The summed E-state index contributed by atoms with van der Waals surface area (Å²) in [5.74, 6) is -0.388. The van der Waals surface area contributed by atoms with Gasteiger partial charge in [-0.1, -0.05) is 13.3 Å². The van der Waals surface area contributed by atoms with E-state index in [1.165, 1.54) is 25.3 Å². The Bertz CT molecular complexity index is 444. The lowest BCUT2D eigenvalue weighted by molar-refractivity contribution is -0.384. The number of ether oxygens (including phenoxy) is 2. The fourth-order valence-corrected chi connectivity index (χ4v) is 1.35. The number of nitro benzene ring substituents is 1. The molecule has 0 amide bonds. The van der Waals surface area contributed by atoms with Crippen LogP contribution < -0.4 is 4.74 Å². The normalized spacial score (nSPS) is 9.89. The highest BCUT2D eigenvalue weighted by Gasteiger charge is 2.17. The summed E-state index contributed by atoms with van der Waals surface area (Å²) in [5, 5.41) is 10.7. The number of nitro groups is 1. The zero-order chi connectivity index (χ0) is 13.5. The molecule has 98 valence electrons. The van der Waals surface area contributed by atoms with Crippen molar-refractivity contribution < 1.29 is 19.2 Å². The first-order valence-corrected chi connectivity index (χ1v) is 5.59. The number of carbonyl (C=O) groups excluding carboxylic acids is 1. The van der Waals surface area contributed by atoms with Gasteiger partial charge in [-0.15, -0.1) is 0 Å². The topological polar surface area (TPSA) is 78.7 Å². The van der Waals surface area contributed by atoms with E-state index >= 15 is 0 Å². The number of esters is 1. The van der Waals surface area contributed by atoms with Crippen molar-refractivity contribution in [3.05, 3.63) is 33.9 Å². The number of hydrogen-bond donors (Lipinski definition) is 0. The van der Waals surface area contributed by atoms with Gasteiger partial charge in [0.15, 0.2) is 0 Å². The lowest BCUT2D eigenvalue weighted by Gasteiger charge is -2.09. The molecule has 0 saturated heterocycles. The third-order valence-corrected chi connectivity index (χ3v) is 2.34. The number of carbonyl (C=O) groups is 1. The monoisotopic (exact) mass is 253 g/mol. The van der Waals surface area contributed by atoms with E-state index < -0.39 is 10.9 Å². The van der Waals surface area contributed by atoms with Crippen molar-refractivity contribution in [1.29, 1.82) is 0 Å². The molecular weight excluding hydrogens is 238 g/mol. The number of unbranched alkanes of at least 4 members (excludes halogenated alkanes) is 1. The third kappa shape index (κ3) is 3.44. The lowest BCUT2D eigenvalue weighted by Crippen LogP contribution is -2.07. The van der Waals surface area contributed by atoms with E-state index in [4.69, 9.17) is 4.74 Å². The Morgan fingerprint density at radius 3 is 2.72 bits per heavy atom. The molecule has 1 aromatic rings. The van der Waals surface area contributed by atoms with Crippen LogP contribution in [0, 0.1) is 10.1 Å². The molecule has 0 aliphatic heterocycles. The second-order valence-corrected chi connectivity index (χ2v) is 3.63. The molecule has 0 heterocycles. The Balaban J connectivity index is 3.01. The highest BCUT2D eigenvalue weighted by molar-refractivity contribution is 5.92. The van der Waals surface area contributed by atoms with Crippen LogP contribution in [0.4, 0.5) is 5.69 Å². The van der Waals surface area contributed by atoms with Gasteiger partial charge in [0.25, 0.3) is 5.69 Å². The molecule has 0 aliphatic rings. The van der Waals surface area contributed by atoms with E-state index in [1.54, 1.807) is 0 Å². The summed E-state index contributed by atoms with van der Waals surface area (Å²) in [6.45, 7) is 2.40. The number of non-ortho nitro benzene ring substituents is 1. The largest absolute Gasteiger partial charge is 0.492 e. The first-order chi connectivity index (χ1) is 8.60. The van der Waals surface area contributed by atoms with Crippen molar-refractivity contribution in [1.82, 2.24) is 0 Å². The van der Waals surface area contributed by atoms with Crippen LogP contribution in [0.1, 0.15) is 30.1 Å². The Kier molecular flexibility index (Phi) is 5.10. The zero-order valence-corrected chi connectivity index (χ0v) is 10.3. The second-order valence-electron chi connectivity index (χ2n) is 3.63. The Morgan fingerprint density at radius 2 is 2.17 bits per heavy atom. The Morgan fingerprint density at radius 1 is 1.44 bits per heavy atom. The van der Waals surface area contributed by atoms with Gasteiger partial charge in [-0.3, -0.25) is 10.1 Å². The standard InChI is InChI=1S/C12H15NO5/c1-3-4-7-18-11-8-9(13(15)16)5-6-10(11)12(14)17-2/h5-6,8H,3-4,7H2,1-2H3. The number of hydrogen-bond acceptors (Lipinski definition) is 5. The van der Waals surface area contributed by atoms with E-state index in [1.807, 2.05) is 6.92 Å². The SMILES string of the molecule is CCCCOc1cc([N+](=O)[O-])ccc1C(=O)OC. The molecule has 0 aromatic heterocycles. The number of rotatable bonds is 6. The molecule has 0 N–H and O–H groups in total. The van der Waals surface area contributed by atoms with E-state index in [0.717, 1.165) is 12.8 Å². The van der Waals surface area contributed by atoms with Crippen molar-refractivity contribution in [2.75, 3.05) is 13.7 Å². The van der Waals surface area contributed by atoms with Crippen LogP contribution in [0.2, 0.25) is 0 Å². The Hall–Kier alpha value is -2.11. The molecule has 1 aromatic carbocycles. The fourth-order valence-electron chi connectivity index (χ4n) is 1.35. The molecular formula is C12H15NO5. The molecule has 0 unspecified atom stereocenters. The summed E-state index contributed by atoms with van der Waals surface area (Å²) in [7, 11) is 1.25. The van der Waals surface area contributed by atoms with Gasteiger partial charge >= 0.3 is 5.97 Å². The van der Waals surface area contributed by atoms with Crippen molar-refractivity contribution in [2.24, 2.45) is 0 Å². The van der Waals surface area contributed by atoms with Gasteiger partial charge in [0.2, 0.25) is 0 Å². The van der Waals surface area contributed by atoms with Crippen LogP contribution in [0.15, 0.2) is 18.2 Å². The molecule has 0 spiro atoms. The van der Waals surface area contributed by atoms with E-state index in [9.17, 15) is 14.9 Å². The van der Waals surface area contributed by atoms with Crippen LogP contribution >= 0.6 is 0 Å². The maximum Gasteiger partial charge on any atom is 0.341 e. The van der Waals surface area contributed by atoms with Crippen molar-refractivity contribution >= 4 is 11.7 Å². The van der Waals surface area contributed by atoms with Crippen LogP contribution in [-0.4, -0.2) is 24.6 Å². The minimum atomic E-state index is -0.573. The minimum absolute atomic E-state index is 0.117. The maximum absolute atomic E-state index is 11.5. The molecule has 18 heavy (non-hydrogen) atoms. The summed E-state index contributed by atoms with van der Waals surface area (Å²) in [6, 6.07) is 3.83. The average Bonchev–Trinajstić information content (AvgIpc) is 2.38. The van der Waals surface area contributed by atoms with Crippen molar-refractivity contribution in [2.45, 2.75) is 19.8 Å². The Labute approximate surface area is 105 Å². The van der Waals surface area contributed by atoms with Crippen LogP contribution in [-0.2, 0) is 4.74 Å². The van der Waals surface area contributed by atoms with Gasteiger partial charge in [0.05, 0.1) is 24.7 Å². The third-order valence-electron chi connectivity index (χ3n) is 2.34. The zero-order valence-electron chi connectivity index (χ0n) is 10.3. The summed E-state index contributed by atoms with van der Waals surface area (Å²) < 4.78 is 9.98. The molecule has 0 atom stereocenters. The fraction of sp³-hybridized carbons (Fsp3) is 0.417. The first kappa shape index (κ1) is 14.0. The molecule has 0 saturated carbocycles. The smallest absolute Gasteiger partial charge is 0.341 e. The van der Waals surface area contributed by atoms with Gasteiger partial charge in [-0.05, 0) is 12.5 Å². The average molecular weight is 253 g/mol. The van der Waals surface area contributed by atoms with E-state index in [0.29, 0.717) is 6.61 Å². The van der Waals surface area contributed by atoms with Crippen LogP contribution in [0.5, 0.6) is 5.75 Å². The predicted octanol–water partition coefficient (Wildman–Crippen LogP) is 2.56. The molecule has 0 fully saturated rings. The van der Waals surface area contributed by atoms with Crippen molar-refractivity contribution in [3.8, 4) is 5.75 Å². The highest BCUT2D eigenvalue weighted by Crippen LogP contribution is 2.25. The number of nitrogens with zero attached hydrogens (tertiary/aromatic N) is 1. The number of benzene rings is 1. The van der Waals surface area contributed by atoms with Gasteiger partial charge in [-0.2, -0.15) is 0 Å². The summed E-state index contributed by atoms with van der Waals surface area (Å²) in [5.41, 5.74) is 0.0772. The predicted molar refractivity (Wildman–Crippen MR) is 64.8 cm³/mol. The molecule has 6 heteroatoms. The van der Waals surface area contributed by atoms with E-state index in [-0.39, 0.29) is 17.0 Å². The quantitative estimate of drug-likeness (QED) is 0.337. The van der Waals surface area contributed by atoms with Crippen LogP contribution in [0.25, 0.3) is 0 Å². The summed E-state index contributed by atoms with van der Waals surface area (Å²) in [4.78, 5) is 21.6.